The van der Waals surface area contributed by atoms with Gasteiger partial charge in [0.1, 0.15) is 16.8 Å². The minimum Gasteiger partial charge on any atom is -0.760 e. The maximum Gasteiger partial charge on any atom is 0.137 e. The summed E-state index contributed by atoms with van der Waals surface area (Å²) in [5.74, 6) is 0.574. The van der Waals surface area contributed by atoms with Gasteiger partial charge in [0.05, 0.1) is 16.5 Å². The highest BCUT2D eigenvalue weighted by atomic mass is 32.2. The van der Waals surface area contributed by atoms with Crippen LogP contribution < -0.4 is 9.46 Å². The molecule has 2 atom stereocenters. The SMILES string of the molecule is CC(C)Oc1ccc(-c2ncc(-c3cccc4c3CCC[C@H]4NS(=O)[O-])s2)cc1C#N. The molecule has 0 radical (unpaired) electrons. The van der Waals surface area contributed by atoms with E-state index in [1.807, 2.05) is 50.4 Å². The summed E-state index contributed by atoms with van der Waals surface area (Å²) < 4.78 is 30.7. The molecule has 0 amide bonds. The molecule has 0 spiro atoms. The van der Waals surface area contributed by atoms with Crippen LogP contribution in [0.3, 0.4) is 0 Å². The van der Waals surface area contributed by atoms with Crippen molar-refractivity contribution in [2.75, 3.05) is 0 Å². The Bertz CT molecular complexity index is 1170. The number of ether oxygens (including phenoxy) is 1. The number of benzene rings is 2. The first-order valence-electron chi connectivity index (χ1n) is 10.1. The van der Waals surface area contributed by atoms with E-state index in [1.54, 1.807) is 11.3 Å². The Morgan fingerprint density at radius 1 is 1.35 bits per heavy atom. The van der Waals surface area contributed by atoms with Crippen LogP contribution in [0.1, 0.15) is 49.4 Å². The van der Waals surface area contributed by atoms with Crippen LogP contribution in [-0.4, -0.2) is 19.8 Å². The van der Waals surface area contributed by atoms with E-state index in [4.69, 9.17) is 4.74 Å². The lowest BCUT2D eigenvalue weighted by Crippen LogP contribution is -2.26. The lowest BCUT2D eigenvalue weighted by molar-refractivity contribution is 0.242. The second-order valence-corrected chi connectivity index (χ2v) is 9.43. The molecular formula is C23H22N3O3S2-. The molecule has 1 aliphatic rings. The largest absolute Gasteiger partial charge is 0.760 e. The van der Waals surface area contributed by atoms with Crippen molar-refractivity contribution in [3.8, 4) is 32.8 Å². The number of rotatable bonds is 6. The van der Waals surface area contributed by atoms with Crippen molar-refractivity contribution >= 4 is 22.6 Å². The highest BCUT2D eigenvalue weighted by molar-refractivity contribution is 7.77. The first-order valence-corrected chi connectivity index (χ1v) is 12.0. The lowest BCUT2D eigenvalue weighted by Gasteiger charge is -2.28. The molecule has 0 aliphatic heterocycles. The van der Waals surface area contributed by atoms with E-state index in [-0.39, 0.29) is 12.1 Å². The molecule has 0 bridgehead atoms. The van der Waals surface area contributed by atoms with Crippen molar-refractivity contribution < 1.29 is 13.5 Å². The van der Waals surface area contributed by atoms with Gasteiger partial charge in [0, 0.05) is 29.1 Å². The van der Waals surface area contributed by atoms with Gasteiger partial charge in [-0.1, -0.05) is 18.2 Å². The minimum atomic E-state index is -2.30. The van der Waals surface area contributed by atoms with Gasteiger partial charge in [-0.15, -0.1) is 11.3 Å². The van der Waals surface area contributed by atoms with E-state index in [0.29, 0.717) is 11.3 Å². The number of nitrogens with one attached hydrogen (secondary N) is 1. The summed E-state index contributed by atoms with van der Waals surface area (Å²) in [6, 6.07) is 13.6. The zero-order valence-electron chi connectivity index (χ0n) is 17.3. The summed E-state index contributed by atoms with van der Waals surface area (Å²) in [6.45, 7) is 3.86. The van der Waals surface area contributed by atoms with E-state index >= 15 is 0 Å². The molecule has 0 saturated heterocycles. The molecule has 4 rings (SSSR count). The van der Waals surface area contributed by atoms with Gasteiger partial charge >= 0.3 is 0 Å². The smallest absolute Gasteiger partial charge is 0.137 e. The molecule has 1 heterocycles. The number of aromatic nitrogens is 1. The number of nitriles is 1. The maximum absolute atomic E-state index is 11.2. The Balaban J connectivity index is 1.68. The predicted molar refractivity (Wildman–Crippen MR) is 121 cm³/mol. The van der Waals surface area contributed by atoms with Gasteiger partial charge in [-0.2, -0.15) is 5.26 Å². The molecule has 1 unspecified atom stereocenters. The van der Waals surface area contributed by atoms with Crippen LogP contribution >= 0.6 is 11.3 Å². The van der Waals surface area contributed by atoms with E-state index in [2.05, 4.69) is 21.8 Å². The Hall–Kier alpha value is -2.57. The van der Waals surface area contributed by atoms with Crippen molar-refractivity contribution in [1.82, 2.24) is 9.71 Å². The third-order valence-electron chi connectivity index (χ3n) is 5.23. The Morgan fingerprint density at radius 2 is 2.19 bits per heavy atom. The predicted octanol–water partition coefficient (Wildman–Crippen LogP) is 4.90. The van der Waals surface area contributed by atoms with Crippen molar-refractivity contribution in [3.05, 3.63) is 59.3 Å². The van der Waals surface area contributed by atoms with Gasteiger partial charge in [0.2, 0.25) is 0 Å². The second kappa shape index (κ2) is 9.28. The number of hydrogen-bond donors (Lipinski definition) is 1. The summed E-state index contributed by atoms with van der Waals surface area (Å²) in [6.07, 6.45) is 4.46. The first kappa shape index (κ1) is 21.7. The van der Waals surface area contributed by atoms with Crippen LogP contribution in [0.5, 0.6) is 5.75 Å². The van der Waals surface area contributed by atoms with Gasteiger partial charge in [0.15, 0.2) is 0 Å². The van der Waals surface area contributed by atoms with Gasteiger partial charge in [0.25, 0.3) is 0 Å². The summed E-state index contributed by atoms with van der Waals surface area (Å²) in [5, 5.41) is 10.3. The molecule has 31 heavy (non-hydrogen) atoms. The molecule has 1 aromatic heterocycles. The first-order chi connectivity index (χ1) is 15.0. The lowest BCUT2D eigenvalue weighted by atomic mass is 9.85. The van der Waals surface area contributed by atoms with Gasteiger partial charge in [-0.3, -0.25) is 4.21 Å². The van der Waals surface area contributed by atoms with E-state index in [1.165, 1.54) is 5.56 Å². The summed E-state index contributed by atoms with van der Waals surface area (Å²) in [5.41, 5.74) is 4.65. The summed E-state index contributed by atoms with van der Waals surface area (Å²) in [4.78, 5) is 5.62. The summed E-state index contributed by atoms with van der Waals surface area (Å²) >= 11 is -0.735. The van der Waals surface area contributed by atoms with Crippen LogP contribution in [0, 0.1) is 11.3 Å². The maximum atomic E-state index is 11.2. The quantitative estimate of drug-likeness (QED) is 0.537. The van der Waals surface area contributed by atoms with E-state index in [0.717, 1.165) is 45.8 Å². The van der Waals surface area contributed by atoms with Gasteiger partial charge in [-0.05, 0) is 68.0 Å². The highest BCUT2D eigenvalue weighted by Crippen LogP contribution is 2.40. The average Bonchev–Trinajstić information content (AvgIpc) is 3.23. The molecule has 1 N–H and O–H groups in total. The van der Waals surface area contributed by atoms with E-state index in [9.17, 15) is 14.0 Å². The van der Waals surface area contributed by atoms with Gasteiger partial charge in [-0.25, -0.2) is 9.71 Å². The highest BCUT2D eigenvalue weighted by Gasteiger charge is 2.23. The van der Waals surface area contributed by atoms with Crippen molar-refractivity contribution in [2.24, 2.45) is 0 Å². The topological polar surface area (TPSA) is 98.1 Å². The third kappa shape index (κ3) is 4.70. The fourth-order valence-electron chi connectivity index (χ4n) is 3.96. The van der Waals surface area contributed by atoms with Gasteiger partial charge < -0.3 is 9.29 Å². The third-order valence-corrected chi connectivity index (χ3v) is 6.78. The minimum absolute atomic E-state index is 0.00831. The van der Waals surface area contributed by atoms with Crippen LogP contribution in [0.4, 0.5) is 0 Å². The van der Waals surface area contributed by atoms with Crippen LogP contribution in [0.15, 0.2) is 42.6 Å². The average molecular weight is 453 g/mol. The molecule has 6 nitrogen and oxygen atoms in total. The van der Waals surface area contributed by atoms with Crippen molar-refractivity contribution in [3.63, 3.8) is 0 Å². The normalized spacial score (nSPS) is 16.5. The monoisotopic (exact) mass is 452 g/mol. The Labute approximate surface area is 188 Å². The molecule has 0 saturated carbocycles. The van der Waals surface area contributed by atoms with Crippen LogP contribution in [0.2, 0.25) is 0 Å². The molecule has 1 aliphatic carbocycles. The number of hydrogen-bond acceptors (Lipinski definition) is 6. The zero-order chi connectivity index (χ0) is 22.0. The Kier molecular flexibility index (Phi) is 6.49. The molecular weight excluding hydrogens is 430 g/mol. The fourth-order valence-corrected chi connectivity index (χ4v) is 5.40. The van der Waals surface area contributed by atoms with Crippen LogP contribution in [0.25, 0.3) is 21.0 Å². The fraction of sp³-hybridized carbons (Fsp3) is 0.304. The molecule has 160 valence electrons. The Morgan fingerprint density at radius 3 is 2.94 bits per heavy atom. The number of nitrogens with zero attached hydrogens (tertiary/aromatic N) is 2. The molecule has 8 heteroatoms. The van der Waals surface area contributed by atoms with E-state index < -0.39 is 11.3 Å². The summed E-state index contributed by atoms with van der Waals surface area (Å²) in [7, 11) is 0. The molecule has 3 aromatic rings. The molecule has 0 fully saturated rings. The van der Waals surface area contributed by atoms with Crippen LogP contribution in [-0.2, 0) is 17.7 Å². The second-order valence-electron chi connectivity index (χ2n) is 7.69. The number of thiazole rings is 1. The van der Waals surface area contributed by atoms with Crippen molar-refractivity contribution in [1.29, 1.82) is 5.26 Å². The molecule has 2 aromatic carbocycles. The standard InChI is InChI=1S/C23H23N3O3S2/c1-14(2)29-21-10-9-15(11-16(21)12-24)23-25-13-22(30-23)19-7-3-6-18-17(19)5-4-8-20(18)26-31(27)28/h3,6-7,9-11,13-14,20,26H,4-5,8H2,1-2H3,(H,27,28)/p-1/t20-/m1/s1. The number of fused-ring (bicyclic) bond motifs is 1. The van der Waals surface area contributed by atoms with Crippen molar-refractivity contribution in [2.45, 2.75) is 45.3 Å². The zero-order valence-corrected chi connectivity index (χ0v) is 18.9.